The molecule has 24 heavy (non-hydrogen) atoms. The number of hydrogen-bond acceptors (Lipinski definition) is 4. The van der Waals surface area contributed by atoms with Gasteiger partial charge in [-0.25, -0.2) is 4.79 Å². The molecule has 0 radical (unpaired) electrons. The quantitative estimate of drug-likeness (QED) is 0.853. The molecule has 2 aliphatic rings. The van der Waals surface area contributed by atoms with E-state index in [0.717, 1.165) is 25.2 Å². The largest absolute Gasteiger partial charge is 0.482 e. The standard InChI is InChI=1S/C18H25ClN2O3/c1-13-4-2-3-7-21(13)16-10-20(11-16)9-14-8-15(19)5-6-17(14)24-12-18(22)23/h5-6,8,13,16H,2-4,7,9-12H2,1H3,(H,22,23). The van der Waals surface area contributed by atoms with Gasteiger partial charge in [0, 0.05) is 42.3 Å². The summed E-state index contributed by atoms with van der Waals surface area (Å²) in [7, 11) is 0. The highest BCUT2D eigenvalue weighted by molar-refractivity contribution is 6.30. The minimum Gasteiger partial charge on any atom is -0.482 e. The molecule has 0 saturated carbocycles. The SMILES string of the molecule is CC1CCCCN1C1CN(Cc2cc(Cl)ccc2OCC(=O)O)C1. The molecule has 2 saturated heterocycles. The number of piperidine rings is 1. The van der Waals surface area contributed by atoms with E-state index >= 15 is 0 Å². The number of carbonyl (C=O) groups is 1. The number of aliphatic carboxylic acids is 1. The van der Waals surface area contributed by atoms with E-state index < -0.39 is 5.97 Å². The fraction of sp³-hybridized carbons (Fsp3) is 0.611. The Morgan fingerprint density at radius 1 is 1.38 bits per heavy atom. The molecule has 132 valence electrons. The van der Waals surface area contributed by atoms with E-state index in [-0.39, 0.29) is 6.61 Å². The Bertz CT molecular complexity index is 590. The fourth-order valence-corrected chi connectivity index (χ4v) is 3.93. The topological polar surface area (TPSA) is 53.0 Å². The number of nitrogens with zero attached hydrogens (tertiary/aromatic N) is 2. The summed E-state index contributed by atoms with van der Waals surface area (Å²) < 4.78 is 5.39. The van der Waals surface area contributed by atoms with Crippen molar-refractivity contribution in [3.8, 4) is 5.75 Å². The van der Waals surface area contributed by atoms with Crippen LogP contribution in [0.3, 0.4) is 0 Å². The van der Waals surface area contributed by atoms with Gasteiger partial charge in [0.05, 0.1) is 0 Å². The minimum absolute atomic E-state index is 0.331. The molecule has 1 unspecified atom stereocenters. The predicted molar refractivity (Wildman–Crippen MR) is 93.7 cm³/mol. The van der Waals surface area contributed by atoms with Gasteiger partial charge < -0.3 is 9.84 Å². The molecule has 1 aromatic carbocycles. The molecule has 0 bridgehead atoms. The number of halogens is 1. The number of likely N-dealkylation sites (tertiary alicyclic amines) is 2. The van der Waals surface area contributed by atoms with Gasteiger partial charge in [-0.05, 0) is 44.5 Å². The Morgan fingerprint density at radius 2 is 2.17 bits per heavy atom. The first-order valence-electron chi connectivity index (χ1n) is 8.64. The molecule has 0 amide bonds. The Morgan fingerprint density at radius 3 is 2.88 bits per heavy atom. The Hall–Kier alpha value is -1.30. The van der Waals surface area contributed by atoms with Crippen LogP contribution in [0.25, 0.3) is 0 Å². The second kappa shape index (κ2) is 7.72. The van der Waals surface area contributed by atoms with Crippen molar-refractivity contribution in [2.45, 2.75) is 44.8 Å². The van der Waals surface area contributed by atoms with Crippen molar-refractivity contribution in [1.29, 1.82) is 0 Å². The first-order chi connectivity index (χ1) is 11.5. The normalized spacial score (nSPS) is 23.0. The number of hydrogen-bond donors (Lipinski definition) is 1. The van der Waals surface area contributed by atoms with Crippen molar-refractivity contribution < 1.29 is 14.6 Å². The average molecular weight is 353 g/mol. The summed E-state index contributed by atoms with van der Waals surface area (Å²) in [6.45, 7) is 6.06. The van der Waals surface area contributed by atoms with Gasteiger partial charge >= 0.3 is 5.97 Å². The maximum absolute atomic E-state index is 10.7. The summed E-state index contributed by atoms with van der Waals surface area (Å²) in [5, 5.41) is 9.44. The zero-order chi connectivity index (χ0) is 17.1. The molecule has 0 spiro atoms. The lowest BCUT2D eigenvalue weighted by Gasteiger charge is -2.49. The van der Waals surface area contributed by atoms with Gasteiger partial charge in [-0.15, -0.1) is 0 Å². The van der Waals surface area contributed by atoms with E-state index in [9.17, 15) is 4.79 Å². The van der Waals surface area contributed by atoms with Crippen molar-refractivity contribution in [1.82, 2.24) is 9.80 Å². The third-order valence-corrected chi connectivity index (χ3v) is 5.26. The highest BCUT2D eigenvalue weighted by Gasteiger charge is 2.35. The lowest BCUT2D eigenvalue weighted by Crippen LogP contribution is -2.61. The summed E-state index contributed by atoms with van der Waals surface area (Å²) in [5.74, 6) is -0.365. The van der Waals surface area contributed by atoms with Gasteiger partial charge in [-0.1, -0.05) is 18.0 Å². The molecule has 2 fully saturated rings. The van der Waals surface area contributed by atoms with Crippen molar-refractivity contribution in [2.75, 3.05) is 26.2 Å². The van der Waals surface area contributed by atoms with Crippen molar-refractivity contribution in [3.63, 3.8) is 0 Å². The molecular weight excluding hydrogens is 328 g/mol. The van der Waals surface area contributed by atoms with Crippen LogP contribution in [0.1, 0.15) is 31.7 Å². The first-order valence-corrected chi connectivity index (χ1v) is 9.02. The summed E-state index contributed by atoms with van der Waals surface area (Å²) >= 11 is 6.10. The van der Waals surface area contributed by atoms with Gasteiger partial charge in [0.25, 0.3) is 0 Å². The number of carboxylic acid groups (broad SMARTS) is 1. The van der Waals surface area contributed by atoms with Crippen molar-refractivity contribution >= 4 is 17.6 Å². The van der Waals surface area contributed by atoms with Gasteiger partial charge in [-0.3, -0.25) is 9.80 Å². The van der Waals surface area contributed by atoms with E-state index in [2.05, 4.69) is 16.7 Å². The second-order valence-corrected chi connectivity index (χ2v) is 7.30. The predicted octanol–water partition coefficient (Wildman–Crippen LogP) is 2.86. The van der Waals surface area contributed by atoms with Crippen LogP contribution < -0.4 is 4.74 Å². The lowest BCUT2D eigenvalue weighted by molar-refractivity contribution is -0.139. The Balaban J connectivity index is 1.57. The molecule has 6 heteroatoms. The first kappa shape index (κ1) is 17.5. The molecule has 2 aliphatic heterocycles. The molecular formula is C18H25ClN2O3. The summed E-state index contributed by atoms with van der Waals surface area (Å²) in [6.07, 6.45) is 3.96. The average Bonchev–Trinajstić information content (AvgIpc) is 2.50. The monoisotopic (exact) mass is 352 g/mol. The van der Waals surface area contributed by atoms with E-state index in [0.29, 0.717) is 22.9 Å². The van der Waals surface area contributed by atoms with Crippen LogP contribution in [0, 0.1) is 0 Å². The molecule has 3 rings (SSSR count). The molecule has 2 heterocycles. The maximum atomic E-state index is 10.7. The highest BCUT2D eigenvalue weighted by atomic mass is 35.5. The minimum atomic E-state index is -0.973. The number of rotatable bonds is 6. The number of carboxylic acids is 1. The smallest absolute Gasteiger partial charge is 0.341 e. The second-order valence-electron chi connectivity index (χ2n) is 6.86. The van der Waals surface area contributed by atoms with E-state index in [4.69, 9.17) is 21.4 Å². The van der Waals surface area contributed by atoms with Crippen LogP contribution in [0.2, 0.25) is 5.02 Å². The molecule has 0 aromatic heterocycles. The van der Waals surface area contributed by atoms with Crippen molar-refractivity contribution in [3.05, 3.63) is 28.8 Å². The van der Waals surface area contributed by atoms with Crippen LogP contribution in [-0.4, -0.2) is 59.2 Å². The van der Waals surface area contributed by atoms with Crippen LogP contribution in [-0.2, 0) is 11.3 Å². The lowest BCUT2D eigenvalue weighted by atomic mass is 9.97. The Labute approximate surface area is 148 Å². The summed E-state index contributed by atoms with van der Waals surface area (Å²) in [6, 6.07) is 6.69. The summed E-state index contributed by atoms with van der Waals surface area (Å²) in [5.41, 5.74) is 0.953. The molecule has 5 nitrogen and oxygen atoms in total. The molecule has 1 aromatic rings. The maximum Gasteiger partial charge on any atom is 0.341 e. The molecule has 1 atom stereocenters. The Kier molecular flexibility index (Phi) is 5.64. The van der Waals surface area contributed by atoms with Crippen molar-refractivity contribution in [2.24, 2.45) is 0 Å². The summed E-state index contributed by atoms with van der Waals surface area (Å²) in [4.78, 5) is 15.7. The van der Waals surface area contributed by atoms with Gasteiger partial charge in [0.1, 0.15) is 5.75 Å². The van der Waals surface area contributed by atoms with E-state index in [1.165, 1.54) is 25.8 Å². The number of ether oxygens (including phenoxy) is 1. The van der Waals surface area contributed by atoms with Crippen LogP contribution in [0.4, 0.5) is 0 Å². The van der Waals surface area contributed by atoms with Gasteiger partial charge in [-0.2, -0.15) is 0 Å². The zero-order valence-electron chi connectivity index (χ0n) is 14.1. The van der Waals surface area contributed by atoms with Gasteiger partial charge in [0.15, 0.2) is 6.61 Å². The molecule has 1 N–H and O–H groups in total. The highest BCUT2D eigenvalue weighted by Crippen LogP contribution is 2.29. The fourth-order valence-electron chi connectivity index (χ4n) is 3.74. The number of benzene rings is 1. The van der Waals surface area contributed by atoms with E-state index in [1.54, 1.807) is 12.1 Å². The third kappa shape index (κ3) is 4.21. The third-order valence-electron chi connectivity index (χ3n) is 5.03. The van der Waals surface area contributed by atoms with E-state index in [1.807, 2.05) is 6.07 Å². The zero-order valence-corrected chi connectivity index (χ0v) is 14.8. The van der Waals surface area contributed by atoms with Crippen LogP contribution in [0.15, 0.2) is 18.2 Å². The van der Waals surface area contributed by atoms with Crippen LogP contribution in [0.5, 0.6) is 5.75 Å². The van der Waals surface area contributed by atoms with Crippen LogP contribution >= 0.6 is 11.6 Å². The molecule has 0 aliphatic carbocycles. The van der Waals surface area contributed by atoms with Gasteiger partial charge in [0.2, 0.25) is 0 Å².